The van der Waals surface area contributed by atoms with E-state index >= 15 is 0 Å². The highest BCUT2D eigenvalue weighted by atomic mass is 16.2. The lowest BCUT2D eigenvalue weighted by Crippen LogP contribution is -2.32. The number of hydrogen-bond donors (Lipinski definition) is 3. The molecule has 0 aliphatic heterocycles. The predicted octanol–water partition coefficient (Wildman–Crippen LogP) is 2.96. The lowest BCUT2D eigenvalue weighted by molar-refractivity contribution is -0.122. The summed E-state index contributed by atoms with van der Waals surface area (Å²) in [5, 5.41) is 8.61. The van der Waals surface area contributed by atoms with Gasteiger partial charge in [0.15, 0.2) is 0 Å². The summed E-state index contributed by atoms with van der Waals surface area (Å²) in [6.07, 6.45) is 2.47. The molecule has 1 saturated carbocycles. The monoisotopic (exact) mass is 393 g/mol. The molecule has 0 spiro atoms. The highest BCUT2D eigenvalue weighted by Crippen LogP contribution is 2.30. The average Bonchev–Trinajstić information content (AvgIpc) is 3.54. The van der Waals surface area contributed by atoms with Crippen molar-refractivity contribution in [1.29, 1.82) is 0 Å². The van der Waals surface area contributed by atoms with E-state index in [4.69, 9.17) is 0 Å². The standard InChI is InChI=1S/C23H27N3O3/c1-16(18-9-11-20(12-10-18)26-23(29)19-7-8-19)25-21(27)13-14-24-22(28)15-17-5-3-2-4-6-17/h2-6,9-12,16,19H,7-8,13-15H2,1H3,(H,24,28)(H,25,27)(H,26,29). The van der Waals surface area contributed by atoms with E-state index in [0.717, 1.165) is 29.7 Å². The summed E-state index contributed by atoms with van der Waals surface area (Å²) in [7, 11) is 0. The Kier molecular flexibility index (Phi) is 7.00. The lowest BCUT2D eigenvalue weighted by Gasteiger charge is -2.15. The summed E-state index contributed by atoms with van der Waals surface area (Å²) in [5.74, 6) is 0.0268. The molecule has 2 aromatic rings. The molecule has 3 rings (SSSR count). The molecule has 0 saturated heterocycles. The molecule has 6 heteroatoms. The van der Waals surface area contributed by atoms with Gasteiger partial charge in [0.1, 0.15) is 0 Å². The van der Waals surface area contributed by atoms with E-state index in [0.29, 0.717) is 13.0 Å². The summed E-state index contributed by atoms with van der Waals surface area (Å²) in [6.45, 7) is 2.21. The second-order valence-electron chi connectivity index (χ2n) is 7.44. The van der Waals surface area contributed by atoms with Crippen molar-refractivity contribution in [2.24, 2.45) is 5.92 Å². The predicted molar refractivity (Wildman–Crippen MR) is 112 cm³/mol. The number of carbonyl (C=O) groups excluding carboxylic acids is 3. The van der Waals surface area contributed by atoms with Crippen molar-refractivity contribution in [2.75, 3.05) is 11.9 Å². The Bertz CT molecular complexity index is 845. The van der Waals surface area contributed by atoms with Crippen molar-refractivity contribution in [3.8, 4) is 0 Å². The van der Waals surface area contributed by atoms with Crippen molar-refractivity contribution < 1.29 is 14.4 Å². The van der Waals surface area contributed by atoms with Crippen LogP contribution in [0.3, 0.4) is 0 Å². The van der Waals surface area contributed by atoms with Crippen molar-refractivity contribution in [3.63, 3.8) is 0 Å². The molecular formula is C23H27N3O3. The Morgan fingerprint density at radius 3 is 2.31 bits per heavy atom. The van der Waals surface area contributed by atoms with Crippen LogP contribution in [0.1, 0.15) is 43.4 Å². The van der Waals surface area contributed by atoms with Crippen LogP contribution < -0.4 is 16.0 Å². The molecule has 0 aromatic heterocycles. The molecule has 0 bridgehead atoms. The van der Waals surface area contributed by atoms with Crippen LogP contribution in [0.15, 0.2) is 54.6 Å². The van der Waals surface area contributed by atoms with Gasteiger partial charge in [-0.3, -0.25) is 14.4 Å². The molecule has 2 aromatic carbocycles. The van der Waals surface area contributed by atoms with Gasteiger partial charge in [-0.05, 0) is 43.0 Å². The first kappa shape index (κ1) is 20.6. The number of nitrogens with one attached hydrogen (secondary N) is 3. The zero-order chi connectivity index (χ0) is 20.6. The van der Waals surface area contributed by atoms with E-state index in [-0.39, 0.29) is 36.1 Å². The summed E-state index contributed by atoms with van der Waals surface area (Å²) < 4.78 is 0. The van der Waals surface area contributed by atoms with Crippen LogP contribution in [-0.4, -0.2) is 24.3 Å². The SMILES string of the molecule is CC(NC(=O)CCNC(=O)Cc1ccccc1)c1ccc(NC(=O)C2CC2)cc1. The van der Waals surface area contributed by atoms with Crippen LogP contribution in [0.5, 0.6) is 0 Å². The first-order valence-corrected chi connectivity index (χ1v) is 10.0. The normalized spacial score (nSPS) is 14.0. The summed E-state index contributed by atoms with van der Waals surface area (Å²) in [5.41, 5.74) is 2.67. The maximum Gasteiger partial charge on any atom is 0.227 e. The van der Waals surface area contributed by atoms with Gasteiger partial charge in [-0.15, -0.1) is 0 Å². The van der Waals surface area contributed by atoms with Gasteiger partial charge >= 0.3 is 0 Å². The Morgan fingerprint density at radius 2 is 1.66 bits per heavy atom. The first-order chi connectivity index (χ1) is 14.0. The van der Waals surface area contributed by atoms with E-state index in [2.05, 4.69) is 16.0 Å². The minimum absolute atomic E-state index is 0.0772. The third-order valence-electron chi connectivity index (χ3n) is 4.89. The second-order valence-corrected chi connectivity index (χ2v) is 7.44. The largest absolute Gasteiger partial charge is 0.355 e. The zero-order valence-electron chi connectivity index (χ0n) is 16.6. The molecule has 152 valence electrons. The van der Waals surface area contributed by atoms with Gasteiger partial charge in [0.05, 0.1) is 12.5 Å². The van der Waals surface area contributed by atoms with Crippen molar-refractivity contribution in [2.45, 2.75) is 38.6 Å². The second kappa shape index (κ2) is 9.87. The number of amides is 3. The van der Waals surface area contributed by atoms with E-state index < -0.39 is 0 Å². The highest BCUT2D eigenvalue weighted by molar-refractivity contribution is 5.94. The number of rotatable bonds is 9. The average molecular weight is 393 g/mol. The molecule has 29 heavy (non-hydrogen) atoms. The summed E-state index contributed by atoms with van der Waals surface area (Å²) >= 11 is 0. The van der Waals surface area contributed by atoms with Gasteiger partial charge in [-0.25, -0.2) is 0 Å². The molecular weight excluding hydrogens is 366 g/mol. The fraction of sp³-hybridized carbons (Fsp3) is 0.348. The van der Waals surface area contributed by atoms with Gasteiger partial charge in [-0.1, -0.05) is 42.5 Å². The molecule has 1 atom stereocenters. The molecule has 3 amide bonds. The summed E-state index contributed by atoms with van der Waals surface area (Å²) in [6, 6.07) is 16.8. The zero-order valence-corrected chi connectivity index (χ0v) is 16.6. The van der Waals surface area contributed by atoms with Crippen LogP contribution in [0.2, 0.25) is 0 Å². The first-order valence-electron chi connectivity index (χ1n) is 10.0. The van der Waals surface area contributed by atoms with Crippen LogP contribution >= 0.6 is 0 Å². The van der Waals surface area contributed by atoms with Gasteiger partial charge in [0, 0.05) is 24.6 Å². The van der Waals surface area contributed by atoms with E-state index in [1.807, 2.05) is 61.5 Å². The van der Waals surface area contributed by atoms with Gasteiger partial charge in [0.2, 0.25) is 17.7 Å². The van der Waals surface area contributed by atoms with Crippen LogP contribution in [0.4, 0.5) is 5.69 Å². The van der Waals surface area contributed by atoms with Crippen LogP contribution in [-0.2, 0) is 20.8 Å². The highest BCUT2D eigenvalue weighted by Gasteiger charge is 2.29. The van der Waals surface area contributed by atoms with Gasteiger partial charge < -0.3 is 16.0 Å². The van der Waals surface area contributed by atoms with Gasteiger partial charge in [0.25, 0.3) is 0 Å². The number of hydrogen-bond acceptors (Lipinski definition) is 3. The number of benzene rings is 2. The molecule has 0 radical (unpaired) electrons. The Balaban J connectivity index is 1.37. The minimum atomic E-state index is -0.157. The van der Waals surface area contributed by atoms with Crippen molar-refractivity contribution in [1.82, 2.24) is 10.6 Å². The molecule has 6 nitrogen and oxygen atoms in total. The smallest absolute Gasteiger partial charge is 0.227 e. The Labute approximate surface area is 171 Å². The van der Waals surface area contributed by atoms with Crippen molar-refractivity contribution in [3.05, 3.63) is 65.7 Å². The van der Waals surface area contributed by atoms with E-state index in [1.165, 1.54) is 0 Å². The molecule has 1 fully saturated rings. The molecule has 1 aliphatic carbocycles. The molecule has 1 unspecified atom stereocenters. The topological polar surface area (TPSA) is 87.3 Å². The van der Waals surface area contributed by atoms with Crippen molar-refractivity contribution >= 4 is 23.4 Å². The molecule has 1 aliphatic rings. The van der Waals surface area contributed by atoms with Crippen LogP contribution in [0.25, 0.3) is 0 Å². The van der Waals surface area contributed by atoms with Crippen LogP contribution in [0, 0.1) is 5.92 Å². The Hall–Kier alpha value is -3.15. The maximum atomic E-state index is 12.1. The fourth-order valence-corrected chi connectivity index (χ4v) is 3.00. The maximum absolute atomic E-state index is 12.1. The summed E-state index contributed by atoms with van der Waals surface area (Å²) in [4.78, 5) is 35.9. The quantitative estimate of drug-likeness (QED) is 0.612. The van der Waals surface area contributed by atoms with E-state index in [1.54, 1.807) is 0 Å². The Morgan fingerprint density at radius 1 is 0.966 bits per heavy atom. The number of carbonyl (C=O) groups is 3. The molecule has 0 heterocycles. The van der Waals surface area contributed by atoms with E-state index in [9.17, 15) is 14.4 Å². The third-order valence-corrected chi connectivity index (χ3v) is 4.89. The third kappa shape index (κ3) is 6.75. The fourth-order valence-electron chi connectivity index (χ4n) is 3.00. The minimum Gasteiger partial charge on any atom is -0.355 e. The van der Waals surface area contributed by atoms with Gasteiger partial charge in [-0.2, -0.15) is 0 Å². The molecule has 3 N–H and O–H groups in total. The number of anilines is 1. The lowest BCUT2D eigenvalue weighted by atomic mass is 10.1.